The lowest BCUT2D eigenvalue weighted by Gasteiger charge is -2.19. The van der Waals surface area contributed by atoms with Gasteiger partial charge in [-0.2, -0.15) is 5.26 Å². The van der Waals surface area contributed by atoms with Crippen LogP contribution in [0.2, 0.25) is 10.0 Å². The van der Waals surface area contributed by atoms with Gasteiger partial charge in [-0.1, -0.05) is 23.2 Å². The van der Waals surface area contributed by atoms with E-state index in [-0.39, 0.29) is 11.5 Å². The fourth-order valence-corrected chi connectivity index (χ4v) is 3.15. The smallest absolute Gasteiger partial charge is 0.258 e. The molecule has 1 fully saturated rings. The number of halogens is 2. The van der Waals surface area contributed by atoms with Crippen molar-refractivity contribution in [2.75, 3.05) is 6.54 Å². The summed E-state index contributed by atoms with van der Waals surface area (Å²) in [6, 6.07) is 14.9. The Morgan fingerprint density at radius 3 is 2.00 bits per heavy atom. The van der Waals surface area contributed by atoms with E-state index in [0.29, 0.717) is 46.3 Å². The second-order valence-electron chi connectivity index (χ2n) is 5.84. The van der Waals surface area contributed by atoms with Crippen LogP contribution in [0.15, 0.2) is 59.8 Å². The number of ketones is 1. The highest BCUT2D eigenvalue weighted by Crippen LogP contribution is 2.28. The summed E-state index contributed by atoms with van der Waals surface area (Å²) in [5.41, 5.74) is 1.29. The van der Waals surface area contributed by atoms with Gasteiger partial charge in [0.2, 0.25) is 5.78 Å². The average Bonchev–Trinajstić information content (AvgIpc) is 3.12. The molecule has 2 aromatic rings. The van der Waals surface area contributed by atoms with Crippen molar-refractivity contribution >= 4 is 34.9 Å². The van der Waals surface area contributed by atoms with Crippen LogP contribution in [0, 0.1) is 11.3 Å². The van der Waals surface area contributed by atoms with Crippen LogP contribution in [0.5, 0.6) is 0 Å². The largest absolute Gasteiger partial charge is 0.311 e. The van der Waals surface area contributed by atoms with Crippen LogP contribution >= 0.6 is 23.2 Å². The van der Waals surface area contributed by atoms with Gasteiger partial charge in [-0.15, -0.1) is 0 Å². The van der Waals surface area contributed by atoms with Gasteiger partial charge in [0.05, 0.1) is 0 Å². The zero-order chi connectivity index (χ0) is 18.7. The van der Waals surface area contributed by atoms with Gasteiger partial charge < -0.3 is 4.90 Å². The molecule has 3 rings (SSSR count). The summed E-state index contributed by atoms with van der Waals surface area (Å²) >= 11 is 11.7. The minimum Gasteiger partial charge on any atom is -0.311 e. The Labute approximate surface area is 161 Å². The zero-order valence-electron chi connectivity index (χ0n) is 13.7. The van der Waals surface area contributed by atoms with E-state index >= 15 is 0 Å². The molecule has 1 aliphatic heterocycles. The number of benzene rings is 2. The lowest BCUT2D eigenvalue weighted by Crippen LogP contribution is -2.28. The Bertz CT molecular complexity index is 926. The van der Waals surface area contributed by atoms with Crippen molar-refractivity contribution in [3.8, 4) is 6.07 Å². The Hall–Kier alpha value is -2.61. The van der Waals surface area contributed by atoms with Gasteiger partial charge in [0.15, 0.2) is 0 Å². The zero-order valence-corrected chi connectivity index (χ0v) is 15.2. The number of carbonyl (C=O) groups is 2. The number of rotatable bonds is 3. The van der Waals surface area contributed by atoms with Crippen LogP contribution in [-0.4, -0.2) is 23.1 Å². The molecular weight excluding hydrogens is 371 g/mol. The molecule has 4 nitrogen and oxygen atoms in total. The number of carbonyl (C=O) groups excluding carboxylic acids is 2. The highest BCUT2D eigenvalue weighted by atomic mass is 35.5. The Kier molecular flexibility index (Phi) is 5.41. The second kappa shape index (κ2) is 7.74. The number of nitrogens with zero attached hydrogens (tertiary/aromatic N) is 2. The lowest BCUT2D eigenvalue weighted by atomic mass is 10.0. The van der Waals surface area contributed by atoms with Crippen LogP contribution in [0.1, 0.15) is 33.6 Å². The molecule has 26 heavy (non-hydrogen) atoms. The van der Waals surface area contributed by atoms with Crippen molar-refractivity contribution in [2.45, 2.75) is 12.8 Å². The molecule has 130 valence electrons. The van der Waals surface area contributed by atoms with Gasteiger partial charge in [0.1, 0.15) is 11.6 Å². The first-order valence-electron chi connectivity index (χ1n) is 8.02. The van der Waals surface area contributed by atoms with Crippen molar-refractivity contribution in [1.82, 2.24) is 4.90 Å². The van der Waals surface area contributed by atoms with Crippen LogP contribution in [0.3, 0.4) is 0 Å². The number of amides is 1. The van der Waals surface area contributed by atoms with Gasteiger partial charge >= 0.3 is 0 Å². The molecule has 1 saturated heterocycles. The number of likely N-dealkylation sites (tertiary alicyclic amines) is 1. The van der Waals surface area contributed by atoms with E-state index in [1.54, 1.807) is 48.5 Å². The maximum absolute atomic E-state index is 12.8. The molecule has 0 aliphatic carbocycles. The number of nitriles is 1. The fourth-order valence-electron chi connectivity index (χ4n) is 2.90. The van der Waals surface area contributed by atoms with Gasteiger partial charge in [0.25, 0.3) is 5.91 Å². The van der Waals surface area contributed by atoms with Gasteiger partial charge in [-0.3, -0.25) is 9.59 Å². The van der Waals surface area contributed by atoms with E-state index in [1.165, 1.54) is 4.90 Å². The van der Waals surface area contributed by atoms with Gasteiger partial charge in [-0.25, -0.2) is 0 Å². The SMILES string of the molecule is N#CC(C(=O)c1ccc(Cl)cc1)=C1CCCN1C(=O)c1ccc(Cl)cc1. The molecule has 0 bridgehead atoms. The summed E-state index contributed by atoms with van der Waals surface area (Å²) in [7, 11) is 0. The van der Waals surface area contributed by atoms with Crippen LogP contribution < -0.4 is 0 Å². The number of hydrogen-bond donors (Lipinski definition) is 0. The first-order chi connectivity index (χ1) is 12.5. The van der Waals surface area contributed by atoms with Crippen molar-refractivity contribution in [2.24, 2.45) is 0 Å². The van der Waals surface area contributed by atoms with Crippen molar-refractivity contribution < 1.29 is 9.59 Å². The maximum Gasteiger partial charge on any atom is 0.258 e. The molecule has 0 unspecified atom stereocenters. The number of Topliss-reactive ketones (excluding diaryl/α,β-unsaturated/α-hetero) is 1. The van der Waals surface area contributed by atoms with Crippen molar-refractivity contribution in [3.05, 3.63) is 81.0 Å². The van der Waals surface area contributed by atoms with Crippen LogP contribution in [0.4, 0.5) is 0 Å². The normalized spacial score (nSPS) is 15.5. The Morgan fingerprint density at radius 1 is 0.923 bits per heavy atom. The summed E-state index contributed by atoms with van der Waals surface area (Å²) in [4.78, 5) is 27.1. The lowest BCUT2D eigenvalue weighted by molar-refractivity contribution is 0.0824. The second-order valence-corrected chi connectivity index (χ2v) is 6.71. The fraction of sp³-hybridized carbons (Fsp3) is 0.150. The Morgan fingerprint density at radius 2 is 1.46 bits per heavy atom. The average molecular weight is 385 g/mol. The third-order valence-corrected chi connectivity index (χ3v) is 4.70. The van der Waals surface area contributed by atoms with E-state index < -0.39 is 5.78 Å². The summed E-state index contributed by atoms with van der Waals surface area (Å²) in [6.45, 7) is 0.468. The summed E-state index contributed by atoms with van der Waals surface area (Å²) in [5.74, 6) is -0.652. The van der Waals surface area contributed by atoms with Crippen LogP contribution in [-0.2, 0) is 0 Å². The van der Waals surface area contributed by atoms with E-state index in [2.05, 4.69) is 0 Å². The molecule has 0 atom stereocenters. The van der Waals surface area contributed by atoms with E-state index in [4.69, 9.17) is 23.2 Å². The molecular formula is C20H14Cl2N2O2. The van der Waals surface area contributed by atoms with Crippen molar-refractivity contribution in [3.63, 3.8) is 0 Å². The molecule has 1 aliphatic rings. The molecule has 2 aromatic carbocycles. The minimum absolute atomic E-state index is 0.00728. The van der Waals surface area contributed by atoms with Crippen LogP contribution in [0.25, 0.3) is 0 Å². The summed E-state index contributed by atoms with van der Waals surface area (Å²) < 4.78 is 0. The molecule has 0 N–H and O–H groups in total. The molecule has 0 aromatic heterocycles. The third kappa shape index (κ3) is 3.65. The summed E-state index contributed by atoms with van der Waals surface area (Å²) in [6.07, 6.45) is 1.20. The number of hydrogen-bond acceptors (Lipinski definition) is 3. The molecule has 6 heteroatoms. The monoisotopic (exact) mass is 384 g/mol. The number of allylic oxidation sites excluding steroid dienone is 2. The molecule has 1 heterocycles. The van der Waals surface area contributed by atoms with E-state index in [1.807, 2.05) is 6.07 Å². The topological polar surface area (TPSA) is 61.2 Å². The summed E-state index contributed by atoms with van der Waals surface area (Å²) in [5, 5.41) is 10.6. The predicted octanol–water partition coefficient (Wildman–Crippen LogP) is 4.89. The highest BCUT2D eigenvalue weighted by Gasteiger charge is 2.30. The first-order valence-corrected chi connectivity index (χ1v) is 8.78. The van der Waals surface area contributed by atoms with Gasteiger partial charge in [0, 0.05) is 33.4 Å². The quantitative estimate of drug-likeness (QED) is 0.429. The highest BCUT2D eigenvalue weighted by molar-refractivity contribution is 6.31. The molecule has 0 spiro atoms. The molecule has 1 amide bonds. The standard InChI is InChI=1S/C20H14Cl2N2O2/c21-15-7-3-13(4-8-15)19(25)17(12-23)18-2-1-11-24(18)20(26)14-5-9-16(22)10-6-14/h3-10H,1-2,11H2. The van der Waals surface area contributed by atoms with E-state index in [9.17, 15) is 14.9 Å². The Balaban J connectivity index is 1.96. The predicted molar refractivity (Wildman–Crippen MR) is 100 cm³/mol. The molecule has 0 radical (unpaired) electrons. The van der Waals surface area contributed by atoms with Crippen molar-refractivity contribution in [1.29, 1.82) is 5.26 Å². The third-order valence-electron chi connectivity index (χ3n) is 4.19. The van der Waals surface area contributed by atoms with E-state index in [0.717, 1.165) is 0 Å². The minimum atomic E-state index is -0.407. The first kappa shape index (κ1) is 18.2. The maximum atomic E-state index is 12.8. The molecule has 0 saturated carbocycles. The van der Waals surface area contributed by atoms with Gasteiger partial charge in [-0.05, 0) is 61.4 Å².